The molecule has 2 aromatic rings. The fraction of sp³-hybridized carbons (Fsp3) is 0.278. The molecule has 4 nitrogen and oxygen atoms in total. The van der Waals surface area contributed by atoms with Crippen molar-refractivity contribution in [2.24, 2.45) is 0 Å². The van der Waals surface area contributed by atoms with Crippen LogP contribution >= 0.6 is 0 Å². The van der Waals surface area contributed by atoms with Gasteiger partial charge in [-0.25, -0.2) is 4.79 Å². The average Bonchev–Trinajstić information content (AvgIpc) is 2.79. The summed E-state index contributed by atoms with van der Waals surface area (Å²) in [4.78, 5) is 11.3. The van der Waals surface area contributed by atoms with Crippen molar-refractivity contribution in [2.75, 3.05) is 13.2 Å². The van der Waals surface area contributed by atoms with E-state index in [1.807, 2.05) is 30.3 Å². The quantitative estimate of drug-likeness (QED) is 0.792. The molecule has 0 fully saturated rings. The molecule has 0 aromatic heterocycles. The molecule has 4 heteroatoms. The zero-order valence-corrected chi connectivity index (χ0v) is 12.1. The monoisotopic (exact) mass is 298 g/mol. The number of fused-ring (bicyclic) bond motifs is 3. The first kappa shape index (κ1) is 14.8. The number of carboxylic acid groups (broad SMARTS) is 1. The second-order valence-electron chi connectivity index (χ2n) is 5.64. The van der Waals surface area contributed by atoms with Gasteiger partial charge in [0.25, 0.3) is 0 Å². The smallest absolute Gasteiger partial charge is 0.335 e. The minimum Gasteiger partial charge on any atom is -0.478 e. The fourth-order valence-electron chi connectivity index (χ4n) is 3.63. The Labute approximate surface area is 128 Å². The Morgan fingerprint density at radius 3 is 2.18 bits per heavy atom. The SMILES string of the molecule is O=C(O)c1ccc2c(c1)C(CCO)(CCO)c1ccccc1-2. The molecule has 3 N–H and O–H groups in total. The Hall–Kier alpha value is -2.17. The van der Waals surface area contributed by atoms with Crippen molar-refractivity contribution in [2.45, 2.75) is 18.3 Å². The zero-order valence-electron chi connectivity index (χ0n) is 12.1. The van der Waals surface area contributed by atoms with Crippen LogP contribution in [-0.2, 0) is 5.41 Å². The molecule has 0 radical (unpaired) electrons. The fourth-order valence-corrected chi connectivity index (χ4v) is 3.63. The predicted octanol–water partition coefficient (Wildman–Crippen LogP) is 2.42. The highest BCUT2D eigenvalue weighted by Crippen LogP contribution is 2.52. The Balaban J connectivity index is 2.30. The Morgan fingerprint density at radius 1 is 0.909 bits per heavy atom. The van der Waals surface area contributed by atoms with Crippen molar-refractivity contribution in [1.29, 1.82) is 0 Å². The van der Waals surface area contributed by atoms with E-state index in [2.05, 4.69) is 0 Å². The van der Waals surface area contributed by atoms with E-state index in [4.69, 9.17) is 0 Å². The van der Waals surface area contributed by atoms with Crippen LogP contribution in [-0.4, -0.2) is 34.5 Å². The lowest BCUT2D eigenvalue weighted by Gasteiger charge is -2.31. The number of carboxylic acids is 1. The van der Waals surface area contributed by atoms with Crippen LogP contribution < -0.4 is 0 Å². The van der Waals surface area contributed by atoms with Gasteiger partial charge < -0.3 is 15.3 Å². The molecule has 3 rings (SSSR count). The predicted molar refractivity (Wildman–Crippen MR) is 83.0 cm³/mol. The van der Waals surface area contributed by atoms with E-state index in [0.29, 0.717) is 12.8 Å². The van der Waals surface area contributed by atoms with E-state index < -0.39 is 11.4 Å². The van der Waals surface area contributed by atoms with E-state index in [1.165, 1.54) is 0 Å². The van der Waals surface area contributed by atoms with Gasteiger partial charge in [-0.15, -0.1) is 0 Å². The number of aliphatic hydroxyl groups excluding tert-OH is 2. The van der Waals surface area contributed by atoms with Crippen molar-refractivity contribution >= 4 is 5.97 Å². The standard InChI is InChI=1S/C18H18O4/c19-9-7-18(8-10-20)15-4-2-1-3-13(15)14-6-5-12(17(21)22)11-16(14)18/h1-6,11,19-20H,7-10H2,(H,21,22). The number of hydrogen-bond acceptors (Lipinski definition) is 3. The average molecular weight is 298 g/mol. The van der Waals surface area contributed by atoms with Gasteiger partial charge in [-0.1, -0.05) is 30.3 Å². The summed E-state index contributed by atoms with van der Waals surface area (Å²) in [5, 5.41) is 28.4. The van der Waals surface area contributed by atoms with Crippen molar-refractivity contribution in [3.63, 3.8) is 0 Å². The van der Waals surface area contributed by atoms with Crippen LogP contribution in [0.2, 0.25) is 0 Å². The van der Waals surface area contributed by atoms with Gasteiger partial charge in [-0.2, -0.15) is 0 Å². The molecule has 0 bridgehead atoms. The van der Waals surface area contributed by atoms with Gasteiger partial charge in [-0.3, -0.25) is 0 Å². The van der Waals surface area contributed by atoms with Crippen LogP contribution in [0.3, 0.4) is 0 Å². The van der Waals surface area contributed by atoms with E-state index in [0.717, 1.165) is 22.3 Å². The highest BCUT2D eigenvalue weighted by Gasteiger charge is 2.42. The molecule has 2 aromatic carbocycles. The number of rotatable bonds is 5. The summed E-state index contributed by atoms with van der Waals surface area (Å²) in [5.74, 6) is -0.972. The molecule has 0 unspecified atom stereocenters. The van der Waals surface area contributed by atoms with E-state index in [9.17, 15) is 20.1 Å². The van der Waals surface area contributed by atoms with Gasteiger partial charge >= 0.3 is 5.97 Å². The molecule has 0 saturated carbocycles. The molecule has 0 spiro atoms. The van der Waals surface area contributed by atoms with Crippen LogP contribution in [0.15, 0.2) is 42.5 Å². The minimum atomic E-state index is -0.972. The summed E-state index contributed by atoms with van der Waals surface area (Å²) in [5.41, 5.74) is 3.68. The lowest BCUT2D eigenvalue weighted by atomic mass is 9.73. The van der Waals surface area contributed by atoms with Gasteiger partial charge in [0.2, 0.25) is 0 Å². The molecule has 1 aliphatic carbocycles. The number of benzene rings is 2. The van der Waals surface area contributed by atoms with Crippen molar-refractivity contribution in [3.05, 3.63) is 59.2 Å². The zero-order chi connectivity index (χ0) is 15.7. The molecule has 0 aliphatic heterocycles. The van der Waals surface area contributed by atoms with Gasteiger partial charge in [0.1, 0.15) is 0 Å². The Morgan fingerprint density at radius 2 is 1.55 bits per heavy atom. The van der Waals surface area contributed by atoms with Crippen LogP contribution in [0.5, 0.6) is 0 Å². The maximum absolute atomic E-state index is 11.3. The number of aliphatic hydroxyl groups is 2. The van der Waals surface area contributed by atoms with E-state index in [1.54, 1.807) is 12.1 Å². The summed E-state index contributed by atoms with van der Waals surface area (Å²) in [6, 6.07) is 13.0. The molecule has 114 valence electrons. The second-order valence-corrected chi connectivity index (χ2v) is 5.64. The van der Waals surface area contributed by atoms with Crippen molar-refractivity contribution in [1.82, 2.24) is 0 Å². The van der Waals surface area contributed by atoms with Crippen molar-refractivity contribution < 1.29 is 20.1 Å². The van der Waals surface area contributed by atoms with Crippen LogP contribution in [0.4, 0.5) is 0 Å². The molecule has 22 heavy (non-hydrogen) atoms. The number of hydrogen-bond donors (Lipinski definition) is 3. The summed E-state index contributed by atoms with van der Waals surface area (Å²) in [7, 11) is 0. The topological polar surface area (TPSA) is 77.8 Å². The summed E-state index contributed by atoms with van der Waals surface area (Å²) in [6.07, 6.45) is 0.918. The van der Waals surface area contributed by atoms with Gasteiger partial charge in [-0.05, 0) is 47.2 Å². The summed E-state index contributed by atoms with van der Waals surface area (Å²) in [6.45, 7) is -0.0455. The van der Waals surface area contributed by atoms with Gasteiger partial charge in [0, 0.05) is 18.6 Å². The third-order valence-corrected chi connectivity index (χ3v) is 4.59. The van der Waals surface area contributed by atoms with Crippen molar-refractivity contribution in [3.8, 4) is 11.1 Å². The van der Waals surface area contributed by atoms with Gasteiger partial charge in [0.05, 0.1) is 5.56 Å². The molecule has 0 atom stereocenters. The van der Waals surface area contributed by atoms with E-state index in [-0.39, 0.29) is 18.8 Å². The molecule has 0 saturated heterocycles. The molecular formula is C18H18O4. The Kier molecular flexibility index (Phi) is 3.72. The normalized spacial score (nSPS) is 14.5. The molecule has 0 amide bonds. The largest absolute Gasteiger partial charge is 0.478 e. The highest BCUT2D eigenvalue weighted by atomic mass is 16.4. The second kappa shape index (κ2) is 5.55. The lowest BCUT2D eigenvalue weighted by Crippen LogP contribution is -2.28. The third kappa shape index (κ3) is 2.03. The number of aromatic carboxylic acids is 1. The maximum Gasteiger partial charge on any atom is 0.335 e. The van der Waals surface area contributed by atoms with Crippen LogP contribution in [0, 0.1) is 0 Å². The first-order valence-corrected chi connectivity index (χ1v) is 7.33. The van der Waals surface area contributed by atoms with Gasteiger partial charge in [0.15, 0.2) is 0 Å². The van der Waals surface area contributed by atoms with Crippen LogP contribution in [0.1, 0.15) is 34.3 Å². The first-order valence-electron chi connectivity index (χ1n) is 7.33. The molecular weight excluding hydrogens is 280 g/mol. The minimum absolute atomic E-state index is 0.0227. The molecule has 1 aliphatic rings. The summed E-state index contributed by atoms with van der Waals surface area (Å²) < 4.78 is 0. The maximum atomic E-state index is 11.3. The lowest BCUT2D eigenvalue weighted by molar-refractivity contribution is 0.0696. The third-order valence-electron chi connectivity index (χ3n) is 4.59. The Bertz CT molecular complexity index is 715. The molecule has 0 heterocycles. The first-order chi connectivity index (χ1) is 10.6. The highest BCUT2D eigenvalue weighted by molar-refractivity contribution is 5.91. The number of carbonyl (C=O) groups is 1. The van der Waals surface area contributed by atoms with Crippen LogP contribution in [0.25, 0.3) is 11.1 Å². The van der Waals surface area contributed by atoms with E-state index >= 15 is 0 Å². The summed E-state index contributed by atoms with van der Waals surface area (Å²) >= 11 is 0.